The van der Waals surface area contributed by atoms with E-state index >= 15 is 0 Å². The van der Waals surface area contributed by atoms with Crippen LogP contribution in [0.4, 0.5) is 4.79 Å². The summed E-state index contributed by atoms with van der Waals surface area (Å²) in [6, 6.07) is 6.71. The number of nitrogens with one attached hydrogen (secondary N) is 2. The first kappa shape index (κ1) is 14.4. The number of carbonyl (C=O) groups is 2. The lowest BCUT2D eigenvalue weighted by Crippen LogP contribution is -2.44. The Morgan fingerprint density at radius 2 is 2.00 bits per heavy atom. The lowest BCUT2D eigenvalue weighted by atomic mass is 9.96. The van der Waals surface area contributed by atoms with E-state index in [1.54, 1.807) is 12.0 Å². The van der Waals surface area contributed by atoms with Crippen molar-refractivity contribution in [2.45, 2.75) is 19.4 Å². The molecule has 0 saturated carbocycles. The Morgan fingerprint density at radius 3 is 2.64 bits per heavy atom. The van der Waals surface area contributed by atoms with E-state index in [-0.39, 0.29) is 11.9 Å². The molecule has 1 aromatic carbocycles. The number of carbonyl (C=O) groups excluding carboxylic acids is 2. The van der Waals surface area contributed by atoms with E-state index in [0.717, 1.165) is 17.7 Å². The lowest BCUT2D eigenvalue weighted by Gasteiger charge is -2.25. The second kappa shape index (κ2) is 5.71. The highest BCUT2D eigenvalue weighted by molar-refractivity contribution is 6.01. The maximum atomic E-state index is 12.6. The van der Waals surface area contributed by atoms with Crippen LogP contribution in [0.3, 0.4) is 0 Å². The summed E-state index contributed by atoms with van der Waals surface area (Å²) in [6.45, 7) is 3.20. The predicted molar refractivity (Wildman–Crippen MR) is 81.3 cm³/mol. The molecule has 116 valence electrons. The van der Waals surface area contributed by atoms with Crippen LogP contribution in [0.5, 0.6) is 5.75 Å². The second-order valence-electron chi connectivity index (χ2n) is 5.42. The number of methoxy groups -OCH3 is 1. The van der Waals surface area contributed by atoms with Crippen LogP contribution in [0.25, 0.3) is 0 Å². The summed E-state index contributed by atoms with van der Waals surface area (Å²) in [5, 5.41) is 5.60. The van der Waals surface area contributed by atoms with Crippen molar-refractivity contribution in [3.63, 3.8) is 0 Å². The van der Waals surface area contributed by atoms with Gasteiger partial charge >= 0.3 is 6.03 Å². The summed E-state index contributed by atoms with van der Waals surface area (Å²) in [4.78, 5) is 26.2. The van der Waals surface area contributed by atoms with Gasteiger partial charge in [-0.2, -0.15) is 0 Å². The Morgan fingerprint density at radius 1 is 1.27 bits per heavy atom. The molecule has 1 aromatic rings. The highest BCUT2D eigenvalue weighted by atomic mass is 16.5. The molecule has 2 N–H and O–H groups in total. The number of amides is 3. The zero-order valence-electron chi connectivity index (χ0n) is 12.7. The SMILES string of the molecule is CCCN1CC2=C(C1=O)[C@H](c1ccc(OC)cc1)NC(=O)N2. The standard InChI is InChI=1S/C16H19N3O3/c1-3-8-19-9-12-13(15(19)20)14(18-16(21)17-12)10-4-6-11(22-2)7-5-10/h4-7,14H,3,8-9H2,1-2H3,(H2,17,18,21)/t14-/m0/s1. The number of hydrogen-bond acceptors (Lipinski definition) is 3. The van der Waals surface area contributed by atoms with Gasteiger partial charge in [0.2, 0.25) is 0 Å². The fourth-order valence-corrected chi connectivity index (χ4v) is 2.93. The lowest BCUT2D eigenvalue weighted by molar-refractivity contribution is -0.125. The first-order chi connectivity index (χ1) is 10.6. The Kier molecular flexibility index (Phi) is 3.75. The second-order valence-corrected chi connectivity index (χ2v) is 5.42. The van der Waals surface area contributed by atoms with Crippen molar-refractivity contribution < 1.29 is 14.3 Å². The largest absolute Gasteiger partial charge is 0.497 e. The Hall–Kier alpha value is -2.50. The van der Waals surface area contributed by atoms with Gasteiger partial charge in [-0.25, -0.2) is 4.79 Å². The van der Waals surface area contributed by atoms with Crippen molar-refractivity contribution >= 4 is 11.9 Å². The molecule has 0 fully saturated rings. The molecule has 1 atom stereocenters. The van der Waals surface area contributed by atoms with Gasteiger partial charge < -0.3 is 20.3 Å². The van der Waals surface area contributed by atoms with E-state index in [1.807, 2.05) is 31.2 Å². The smallest absolute Gasteiger partial charge is 0.319 e. The number of urea groups is 1. The minimum atomic E-state index is -0.413. The van der Waals surface area contributed by atoms with E-state index in [1.165, 1.54) is 0 Å². The molecule has 2 aliphatic heterocycles. The van der Waals surface area contributed by atoms with Gasteiger partial charge in [0.15, 0.2) is 0 Å². The summed E-state index contributed by atoms with van der Waals surface area (Å²) in [6.07, 6.45) is 0.890. The molecule has 2 aliphatic rings. The fourth-order valence-electron chi connectivity index (χ4n) is 2.93. The third-order valence-electron chi connectivity index (χ3n) is 3.96. The molecule has 0 radical (unpaired) electrons. The third kappa shape index (κ3) is 2.41. The van der Waals surface area contributed by atoms with Crippen molar-refractivity contribution in [3.05, 3.63) is 41.1 Å². The van der Waals surface area contributed by atoms with Gasteiger partial charge in [0, 0.05) is 6.54 Å². The molecule has 6 heteroatoms. The molecular weight excluding hydrogens is 282 g/mol. The van der Waals surface area contributed by atoms with E-state index in [2.05, 4.69) is 10.6 Å². The van der Waals surface area contributed by atoms with Crippen LogP contribution in [0.15, 0.2) is 35.5 Å². The predicted octanol–water partition coefficient (Wildman–Crippen LogP) is 1.56. The third-order valence-corrected chi connectivity index (χ3v) is 3.96. The minimum Gasteiger partial charge on any atom is -0.497 e. The highest BCUT2D eigenvalue weighted by Crippen LogP contribution is 2.33. The highest BCUT2D eigenvalue weighted by Gasteiger charge is 2.39. The van der Waals surface area contributed by atoms with Gasteiger partial charge in [-0.05, 0) is 24.1 Å². The topological polar surface area (TPSA) is 70.7 Å². The van der Waals surface area contributed by atoms with Gasteiger partial charge in [0.05, 0.1) is 31.0 Å². The quantitative estimate of drug-likeness (QED) is 0.886. The van der Waals surface area contributed by atoms with Crippen LogP contribution in [0.2, 0.25) is 0 Å². The molecule has 22 heavy (non-hydrogen) atoms. The van der Waals surface area contributed by atoms with Gasteiger partial charge in [0.25, 0.3) is 5.91 Å². The monoisotopic (exact) mass is 301 g/mol. The van der Waals surface area contributed by atoms with Gasteiger partial charge in [-0.15, -0.1) is 0 Å². The van der Waals surface area contributed by atoms with Crippen LogP contribution in [-0.4, -0.2) is 37.0 Å². The van der Waals surface area contributed by atoms with Crippen molar-refractivity contribution in [2.24, 2.45) is 0 Å². The number of rotatable bonds is 4. The van der Waals surface area contributed by atoms with Crippen molar-refractivity contribution in [1.82, 2.24) is 15.5 Å². The number of benzene rings is 1. The molecule has 0 spiro atoms. The molecule has 0 aliphatic carbocycles. The van der Waals surface area contributed by atoms with E-state index in [4.69, 9.17) is 4.74 Å². The Bertz CT molecular complexity index is 637. The maximum absolute atomic E-state index is 12.6. The summed E-state index contributed by atoms with van der Waals surface area (Å²) in [5.74, 6) is 0.730. The Balaban J connectivity index is 1.94. The summed E-state index contributed by atoms with van der Waals surface area (Å²) in [5.41, 5.74) is 2.22. The summed E-state index contributed by atoms with van der Waals surface area (Å²) in [7, 11) is 1.60. The van der Waals surface area contributed by atoms with Crippen LogP contribution >= 0.6 is 0 Å². The van der Waals surface area contributed by atoms with Gasteiger partial charge in [0.1, 0.15) is 5.75 Å². The molecule has 0 saturated heterocycles. The zero-order valence-corrected chi connectivity index (χ0v) is 12.7. The van der Waals surface area contributed by atoms with E-state index in [0.29, 0.717) is 24.4 Å². The van der Waals surface area contributed by atoms with E-state index in [9.17, 15) is 9.59 Å². The molecule has 3 rings (SSSR count). The maximum Gasteiger partial charge on any atom is 0.319 e. The van der Waals surface area contributed by atoms with Crippen molar-refractivity contribution in [1.29, 1.82) is 0 Å². The van der Waals surface area contributed by atoms with Crippen LogP contribution in [-0.2, 0) is 4.79 Å². The summed E-state index contributed by atoms with van der Waals surface area (Å²) < 4.78 is 5.15. The van der Waals surface area contributed by atoms with Crippen LogP contribution < -0.4 is 15.4 Å². The van der Waals surface area contributed by atoms with Gasteiger partial charge in [-0.3, -0.25) is 4.79 Å². The van der Waals surface area contributed by atoms with Crippen LogP contribution in [0.1, 0.15) is 24.9 Å². The minimum absolute atomic E-state index is 0.00910. The van der Waals surface area contributed by atoms with Crippen molar-refractivity contribution in [2.75, 3.05) is 20.2 Å². The zero-order chi connectivity index (χ0) is 15.7. The fraction of sp³-hybridized carbons (Fsp3) is 0.375. The number of nitrogens with zero attached hydrogens (tertiary/aromatic N) is 1. The molecule has 3 amide bonds. The van der Waals surface area contributed by atoms with E-state index < -0.39 is 6.04 Å². The average molecular weight is 301 g/mol. The first-order valence-corrected chi connectivity index (χ1v) is 7.37. The molecule has 0 unspecified atom stereocenters. The number of ether oxygens (including phenoxy) is 1. The number of hydrogen-bond donors (Lipinski definition) is 2. The molecule has 6 nitrogen and oxygen atoms in total. The van der Waals surface area contributed by atoms with Crippen molar-refractivity contribution in [3.8, 4) is 5.75 Å². The molecule has 2 heterocycles. The first-order valence-electron chi connectivity index (χ1n) is 7.37. The molecule has 0 bridgehead atoms. The van der Waals surface area contributed by atoms with Crippen LogP contribution in [0, 0.1) is 0 Å². The van der Waals surface area contributed by atoms with Gasteiger partial charge in [-0.1, -0.05) is 19.1 Å². The average Bonchev–Trinajstić information content (AvgIpc) is 2.83. The molecular formula is C16H19N3O3. The Labute approximate surface area is 129 Å². The summed E-state index contributed by atoms with van der Waals surface area (Å²) >= 11 is 0. The molecule has 0 aromatic heterocycles. The normalized spacial score (nSPS) is 20.6.